The first-order chi connectivity index (χ1) is 11.4. The van der Waals surface area contributed by atoms with Gasteiger partial charge in [-0.15, -0.1) is 0 Å². The van der Waals surface area contributed by atoms with E-state index in [1.54, 1.807) is 0 Å². The minimum atomic E-state index is -3.54. The molecule has 0 spiro atoms. The molecule has 1 saturated heterocycles. The molecule has 0 unspecified atom stereocenters. The molecule has 10 heteroatoms. The van der Waals surface area contributed by atoms with E-state index in [4.69, 9.17) is 9.15 Å². The Balaban J connectivity index is 1.86. The van der Waals surface area contributed by atoms with E-state index in [-0.39, 0.29) is 11.0 Å². The lowest BCUT2D eigenvalue weighted by molar-refractivity contribution is 0.222. The fourth-order valence-corrected chi connectivity index (χ4v) is 3.87. The third kappa shape index (κ3) is 3.07. The fraction of sp³-hybridized carbons (Fsp3) is 0.429. The van der Waals surface area contributed by atoms with Crippen LogP contribution in [0.25, 0.3) is 5.69 Å². The number of methoxy groups -OCH3 is 1. The molecule has 2 aromatic rings. The molecular weight excluding hydrogens is 336 g/mol. The maximum Gasteiger partial charge on any atom is 0.444 e. The maximum absolute atomic E-state index is 12.6. The highest BCUT2D eigenvalue weighted by Gasteiger charge is 2.27. The van der Waals surface area contributed by atoms with Crippen molar-refractivity contribution in [2.24, 2.45) is 0 Å². The Morgan fingerprint density at radius 1 is 1.12 bits per heavy atom. The number of nitrogens with zero attached hydrogens (tertiary/aromatic N) is 4. The van der Waals surface area contributed by atoms with E-state index in [1.165, 1.54) is 35.7 Å². The fourth-order valence-electron chi connectivity index (χ4n) is 2.44. The van der Waals surface area contributed by atoms with Gasteiger partial charge in [0.2, 0.25) is 10.0 Å². The molecular formula is C14H18N4O5S. The molecule has 1 aromatic heterocycles. The molecule has 130 valence electrons. The van der Waals surface area contributed by atoms with Gasteiger partial charge in [0.1, 0.15) is 0 Å². The Kier molecular flexibility index (Phi) is 4.43. The monoisotopic (exact) mass is 354 g/mol. The van der Waals surface area contributed by atoms with Gasteiger partial charge in [0, 0.05) is 26.2 Å². The van der Waals surface area contributed by atoms with E-state index >= 15 is 0 Å². The lowest BCUT2D eigenvalue weighted by Crippen LogP contribution is -2.46. The molecule has 0 saturated carbocycles. The summed E-state index contributed by atoms with van der Waals surface area (Å²) in [4.78, 5) is 13.9. The highest BCUT2D eigenvalue weighted by molar-refractivity contribution is 7.89. The zero-order valence-corrected chi connectivity index (χ0v) is 14.2. The first-order valence-corrected chi connectivity index (χ1v) is 8.79. The highest BCUT2D eigenvalue weighted by atomic mass is 32.2. The highest BCUT2D eigenvalue weighted by Crippen LogP contribution is 2.19. The summed E-state index contributed by atoms with van der Waals surface area (Å²) in [5, 5.41) is 3.84. The van der Waals surface area contributed by atoms with Crippen molar-refractivity contribution in [1.29, 1.82) is 0 Å². The maximum atomic E-state index is 12.6. The minimum absolute atomic E-state index is 0.158. The van der Waals surface area contributed by atoms with Crippen molar-refractivity contribution in [3.05, 3.63) is 34.8 Å². The van der Waals surface area contributed by atoms with E-state index in [9.17, 15) is 13.2 Å². The number of likely N-dealkylation sites (N-methyl/N-ethyl adjacent to an activating group) is 1. The van der Waals surface area contributed by atoms with Gasteiger partial charge in [-0.3, -0.25) is 0 Å². The van der Waals surface area contributed by atoms with Gasteiger partial charge in [-0.1, -0.05) is 5.10 Å². The molecule has 1 aliphatic rings. The molecule has 0 atom stereocenters. The lowest BCUT2D eigenvalue weighted by atomic mass is 10.3. The second kappa shape index (κ2) is 6.38. The first-order valence-electron chi connectivity index (χ1n) is 7.35. The third-order valence-corrected chi connectivity index (χ3v) is 5.80. The Hall–Kier alpha value is -2.17. The van der Waals surface area contributed by atoms with Crippen molar-refractivity contribution >= 4 is 10.0 Å². The van der Waals surface area contributed by atoms with E-state index in [0.717, 1.165) is 4.68 Å². The van der Waals surface area contributed by atoms with E-state index in [1.807, 2.05) is 7.05 Å². The zero-order chi connectivity index (χ0) is 17.3. The van der Waals surface area contributed by atoms with Crippen molar-refractivity contribution in [3.8, 4) is 11.8 Å². The largest absolute Gasteiger partial charge is 0.452 e. The van der Waals surface area contributed by atoms with Gasteiger partial charge in [-0.05, 0) is 31.3 Å². The number of rotatable bonds is 4. The number of ether oxygens (including phenoxy) is 1. The molecule has 1 fully saturated rings. The Morgan fingerprint density at radius 2 is 1.75 bits per heavy atom. The lowest BCUT2D eigenvalue weighted by Gasteiger charge is -2.31. The smallest absolute Gasteiger partial charge is 0.444 e. The van der Waals surface area contributed by atoms with E-state index in [2.05, 4.69) is 10.00 Å². The van der Waals surface area contributed by atoms with Crippen LogP contribution >= 0.6 is 0 Å². The van der Waals surface area contributed by atoms with Gasteiger partial charge in [-0.25, -0.2) is 13.2 Å². The van der Waals surface area contributed by atoms with Crippen LogP contribution in [0.3, 0.4) is 0 Å². The molecule has 0 bridgehead atoms. The number of aromatic nitrogens is 2. The van der Waals surface area contributed by atoms with Gasteiger partial charge < -0.3 is 14.1 Å². The van der Waals surface area contributed by atoms with Crippen molar-refractivity contribution in [2.45, 2.75) is 4.90 Å². The molecule has 1 aliphatic heterocycles. The second-order valence-corrected chi connectivity index (χ2v) is 7.39. The predicted octanol–water partition coefficient (Wildman–Crippen LogP) is -0.230. The molecule has 1 aromatic carbocycles. The summed E-state index contributed by atoms with van der Waals surface area (Å²) < 4.78 is 37.3. The quantitative estimate of drug-likeness (QED) is 0.748. The minimum Gasteiger partial charge on any atom is -0.452 e. The van der Waals surface area contributed by atoms with Gasteiger partial charge >= 0.3 is 11.8 Å². The molecule has 3 rings (SSSR count). The van der Waals surface area contributed by atoms with Crippen LogP contribution in [0.5, 0.6) is 6.08 Å². The SMILES string of the molecule is COc1nn(-c2ccc(S(=O)(=O)N3CCN(C)CC3)cc2)c(=O)o1. The number of hydrogen-bond acceptors (Lipinski definition) is 7. The van der Waals surface area contributed by atoms with Crippen molar-refractivity contribution in [1.82, 2.24) is 19.0 Å². The molecule has 0 radical (unpaired) electrons. The molecule has 9 nitrogen and oxygen atoms in total. The molecule has 0 aliphatic carbocycles. The average Bonchev–Trinajstić information content (AvgIpc) is 2.96. The average molecular weight is 354 g/mol. The van der Waals surface area contributed by atoms with Crippen molar-refractivity contribution in [3.63, 3.8) is 0 Å². The van der Waals surface area contributed by atoms with Crippen LogP contribution in [-0.4, -0.2) is 67.7 Å². The first kappa shape index (κ1) is 16.7. The summed E-state index contributed by atoms with van der Waals surface area (Å²) in [7, 11) is -0.248. The Labute approximate surface area is 139 Å². The zero-order valence-electron chi connectivity index (χ0n) is 13.4. The van der Waals surface area contributed by atoms with E-state index < -0.39 is 15.8 Å². The third-order valence-electron chi connectivity index (χ3n) is 3.89. The van der Waals surface area contributed by atoms with Crippen LogP contribution < -0.4 is 10.5 Å². The summed E-state index contributed by atoms with van der Waals surface area (Å²) >= 11 is 0. The predicted molar refractivity (Wildman–Crippen MR) is 84.9 cm³/mol. The molecule has 2 heterocycles. The van der Waals surface area contributed by atoms with E-state index in [0.29, 0.717) is 31.9 Å². The van der Waals surface area contributed by atoms with Gasteiger partial charge in [0.15, 0.2) is 0 Å². The van der Waals surface area contributed by atoms with Crippen molar-refractivity contribution in [2.75, 3.05) is 40.3 Å². The summed E-state index contributed by atoms with van der Waals surface area (Å²) in [5.41, 5.74) is 0.393. The summed E-state index contributed by atoms with van der Waals surface area (Å²) in [6.45, 7) is 2.32. The second-order valence-electron chi connectivity index (χ2n) is 5.45. The van der Waals surface area contributed by atoms with Crippen LogP contribution in [0, 0.1) is 0 Å². The van der Waals surface area contributed by atoms with Crippen LogP contribution in [0.4, 0.5) is 0 Å². The van der Waals surface area contributed by atoms with Crippen LogP contribution in [0.1, 0.15) is 0 Å². The standard InChI is InChI=1S/C14H18N4O5S/c1-16-7-9-17(10-8-16)24(20,21)12-5-3-11(4-6-12)18-14(19)23-13(15-18)22-2/h3-6H,7-10H2,1-2H3. The summed E-state index contributed by atoms with van der Waals surface area (Å²) in [5.74, 6) is -0.707. The van der Waals surface area contributed by atoms with Crippen LogP contribution in [0.2, 0.25) is 0 Å². The molecule has 0 N–H and O–H groups in total. The van der Waals surface area contributed by atoms with Crippen LogP contribution in [-0.2, 0) is 10.0 Å². The summed E-state index contributed by atoms with van der Waals surface area (Å²) in [6.07, 6.45) is -0.158. The van der Waals surface area contributed by atoms with Gasteiger partial charge in [0.05, 0.1) is 17.7 Å². The Bertz CT molecular complexity index is 863. The number of sulfonamides is 1. The summed E-state index contributed by atoms with van der Waals surface area (Å²) in [6, 6.07) is 5.92. The molecule has 24 heavy (non-hydrogen) atoms. The number of benzene rings is 1. The topological polar surface area (TPSA) is 97.9 Å². The van der Waals surface area contributed by atoms with Gasteiger partial charge in [-0.2, -0.15) is 8.99 Å². The number of piperazine rings is 1. The van der Waals surface area contributed by atoms with Crippen molar-refractivity contribution < 1.29 is 17.6 Å². The molecule has 0 amide bonds. The number of hydrogen-bond donors (Lipinski definition) is 0. The van der Waals surface area contributed by atoms with Crippen LogP contribution in [0.15, 0.2) is 38.4 Å². The van der Waals surface area contributed by atoms with Gasteiger partial charge in [0.25, 0.3) is 0 Å². The Morgan fingerprint density at radius 3 is 2.29 bits per heavy atom. The normalized spacial score (nSPS) is 17.1.